The molecule has 250 valence electrons. The first kappa shape index (κ1) is 32.9. The van der Waals surface area contributed by atoms with Crippen LogP contribution in [0.2, 0.25) is 0 Å². The van der Waals surface area contributed by atoms with Gasteiger partial charge < -0.3 is 24.0 Å². The molecule has 4 aromatic rings. The van der Waals surface area contributed by atoms with Crippen LogP contribution >= 0.6 is 0 Å². The number of anilines is 1. The Labute approximate surface area is 274 Å². The third-order valence-corrected chi connectivity index (χ3v) is 11.1. The normalized spacial score (nSPS) is 15.8. The molecule has 5 heterocycles. The third-order valence-electron chi connectivity index (χ3n) is 9.27. The van der Waals surface area contributed by atoms with Gasteiger partial charge in [0.2, 0.25) is 10.0 Å². The van der Waals surface area contributed by atoms with Gasteiger partial charge in [0.05, 0.1) is 31.1 Å². The molecule has 13 heteroatoms. The van der Waals surface area contributed by atoms with Crippen LogP contribution in [0.4, 0.5) is 10.2 Å². The van der Waals surface area contributed by atoms with Crippen molar-refractivity contribution < 1.29 is 32.2 Å². The first-order valence-corrected chi connectivity index (χ1v) is 17.4. The lowest BCUT2D eigenvalue weighted by Crippen LogP contribution is -2.37. The number of pyridine rings is 2. The summed E-state index contributed by atoms with van der Waals surface area (Å²) >= 11 is 0. The van der Waals surface area contributed by atoms with Gasteiger partial charge in [0.15, 0.2) is 11.6 Å². The van der Waals surface area contributed by atoms with E-state index in [1.54, 1.807) is 13.1 Å². The molecule has 47 heavy (non-hydrogen) atoms. The second-order valence-corrected chi connectivity index (χ2v) is 14.3. The molecule has 0 amide bonds. The highest BCUT2D eigenvalue weighted by Gasteiger charge is 2.28. The van der Waals surface area contributed by atoms with Crippen LogP contribution in [0.1, 0.15) is 35.2 Å². The average Bonchev–Trinajstić information content (AvgIpc) is 3.21. The molecule has 0 radical (unpaired) electrons. The van der Waals surface area contributed by atoms with Gasteiger partial charge in [-0.15, -0.1) is 0 Å². The molecule has 0 spiro atoms. The molecular formula is C34H40FN5O6S. The van der Waals surface area contributed by atoms with E-state index >= 15 is 4.39 Å². The van der Waals surface area contributed by atoms with Gasteiger partial charge in [-0.1, -0.05) is 0 Å². The molecule has 2 aliphatic rings. The van der Waals surface area contributed by atoms with E-state index < -0.39 is 21.8 Å². The monoisotopic (exact) mass is 665 g/mol. The lowest BCUT2D eigenvalue weighted by Gasteiger charge is -2.23. The fourth-order valence-electron chi connectivity index (χ4n) is 6.82. The highest BCUT2D eigenvalue weighted by Crippen LogP contribution is 2.43. The number of carboxylic acid groups (broad SMARTS) is 1. The average molecular weight is 666 g/mol. The van der Waals surface area contributed by atoms with Crippen molar-refractivity contribution >= 4 is 32.8 Å². The summed E-state index contributed by atoms with van der Waals surface area (Å²) in [5, 5.41) is 10.6. The maximum absolute atomic E-state index is 15.5. The summed E-state index contributed by atoms with van der Waals surface area (Å²) in [6, 6.07) is 7.34. The first-order valence-electron chi connectivity index (χ1n) is 15.8. The van der Waals surface area contributed by atoms with Crippen LogP contribution in [0.25, 0.3) is 33.4 Å². The summed E-state index contributed by atoms with van der Waals surface area (Å²) in [6.45, 7) is 6.29. The fraction of sp³-hybridized carbons (Fsp3) is 0.441. The van der Waals surface area contributed by atoms with Crippen LogP contribution < -0.4 is 9.64 Å². The van der Waals surface area contributed by atoms with E-state index in [1.807, 2.05) is 36.7 Å². The molecule has 2 aliphatic heterocycles. The van der Waals surface area contributed by atoms with Gasteiger partial charge in [-0.2, -0.15) is 0 Å². The number of hydrogen-bond acceptors (Lipinski definition) is 8. The number of benzene rings is 1. The van der Waals surface area contributed by atoms with E-state index in [0.717, 1.165) is 40.0 Å². The number of carbonyl (C=O) groups is 1. The number of nitrogens with zero attached hydrogens (tertiary/aromatic N) is 5. The van der Waals surface area contributed by atoms with Crippen molar-refractivity contribution in [2.24, 2.45) is 7.05 Å². The number of rotatable bonds is 9. The number of carboxylic acids is 1. The van der Waals surface area contributed by atoms with Gasteiger partial charge in [-0.25, -0.2) is 27.1 Å². The Balaban J connectivity index is 1.42. The van der Waals surface area contributed by atoms with E-state index in [9.17, 15) is 18.3 Å². The molecule has 0 unspecified atom stereocenters. The topological polar surface area (TPSA) is 127 Å². The van der Waals surface area contributed by atoms with Crippen molar-refractivity contribution in [2.45, 2.75) is 39.5 Å². The minimum atomic E-state index is -3.42. The zero-order valence-corrected chi connectivity index (χ0v) is 28.0. The zero-order chi connectivity index (χ0) is 33.5. The second kappa shape index (κ2) is 13.2. The number of halogens is 1. The summed E-state index contributed by atoms with van der Waals surface area (Å²) in [7, 11) is -0.0133. The van der Waals surface area contributed by atoms with Crippen LogP contribution in [-0.2, 0) is 39.4 Å². The van der Waals surface area contributed by atoms with Crippen molar-refractivity contribution in [2.75, 3.05) is 57.2 Å². The second-order valence-electron chi connectivity index (χ2n) is 12.2. The summed E-state index contributed by atoms with van der Waals surface area (Å²) < 4.78 is 55.3. The van der Waals surface area contributed by atoms with Gasteiger partial charge in [0.1, 0.15) is 11.5 Å². The van der Waals surface area contributed by atoms with Crippen LogP contribution in [0.5, 0.6) is 5.75 Å². The Morgan fingerprint density at radius 2 is 1.94 bits per heavy atom. The van der Waals surface area contributed by atoms with Gasteiger partial charge in [-0.05, 0) is 79.6 Å². The molecule has 0 saturated carbocycles. The standard InChI is InChI=1S/C34H40FN5O6S/c1-21-24-7-5-14-46-33(24)28(35)18-25(21)32-26(20-31(41)42)22(2)37-34-27(32)19-29(38(34)3)23-8-9-36-30(17-23)39-10-6-11-40(13-12-39)47(43,44)16-15-45-4/h8-9,17-19H,5-7,10-16,20H2,1-4H3,(H,41,42). The zero-order valence-electron chi connectivity index (χ0n) is 27.2. The number of fused-ring (bicyclic) bond motifs is 2. The van der Waals surface area contributed by atoms with Gasteiger partial charge in [0.25, 0.3) is 0 Å². The molecule has 0 atom stereocenters. The predicted molar refractivity (Wildman–Crippen MR) is 178 cm³/mol. The summed E-state index contributed by atoms with van der Waals surface area (Å²) in [5.41, 5.74) is 6.46. The lowest BCUT2D eigenvalue weighted by molar-refractivity contribution is -0.136. The molecule has 1 N–H and O–H groups in total. The summed E-state index contributed by atoms with van der Waals surface area (Å²) in [4.78, 5) is 23.7. The minimum Gasteiger partial charge on any atom is -0.490 e. The number of aromatic nitrogens is 3. The Bertz CT molecular complexity index is 1960. The molecule has 1 aromatic carbocycles. The highest BCUT2D eigenvalue weighted by molar-refractivity contribution is 7.89. The van der Waals surface area contributed by atoms with E-state index in [2.05, 4.69) is 9.88 Å². The molecule has 1 fully saturated rings. The quantitative estimate of drug-likeness (QED) is 0.275. The summed E-state index contributed by atoms with van der Waals surface area (Å²) in [6.07, 6.45) is 3.60. The molecular weight excluding hydrogens is 625 g/mol. The number of aliphatic carboxylic acids is 1. The SMILES string of the molecule is COCCS(=O)(=O)N1CCCN(c2cc(-c3cc4c(-c5cc(F)c6c(c5C)CCCO6)c(CC(=O)O)c(C)nc4n3C)ccn2)CC1. The van der Waals surface area contributed by atoms with E-state index in [4.69, 9.17) is 14.5 Å². The number of ether oxygens (including phenoxy) is 2. The van der Waals surface area contributed by atoms with Crippen LogP contribution in [0, 0.1) is 19.7 Å². The van der Waals surface area contributed by atoms with Crippen LogP contribution in [-0.4, -0.2) is 90.6 Å². The van der Waals surface area contributed by atoms with E-state index in [1.165, 1.54) is 17.5 Å². The maximum atomic E-state index is 15.5. The fourth-order valence-corrected chi connectivity index (χ4v) is 8.22. The van der Waals surface area contributed by atoms with Crippen molar-refractivity contribution in [1.82, 2.24) is 18.8 Å². The largest absolute Gasteiger partial charge is 0.490 e. The number of aryl methyl sites for hydroxylation is 2. The Hall–Kier alpha value is -4.07. The molecule has 1 saturated heterocycles. The molecule has 6 rings (SSSR count). The van der Waals surface area contributed by atoms with E-state index in [0.29, 0.717) is 73.7 Å². The highest BCUT2D eigenvalue weighted by atomic mass is 32.2. The Morgan fingerprint density at radius 1 is 1.13 bits per heavy atom. The molecule has 0 aliphatic carbocycles. The van der Waals surface area contributed by atoms with Gasteiger partial charge >= 0.3 is 5.97 Å². The number of hydrogen-bond donors (Lipinski definition) is 1. The van der Waals surface area contributed by atoms with Gasteiger partial charge in [0, 0.05) is 68.7 Å². The van der Waals surface area contributed by atoms with Crippen LogP contribution in [0.15, 0.2) is 30.5 Å². The van der Waals surface area contributed by atoms with E-state index in [-0.39, 0.29) is 24.5 Å². The van der Waals surface area contributed by atoms with Crippen molar-refractivity contribution in [3.63, 3.8) is 0 Å². The Kier molecular flexibility index (Phi) is 9.23. The maximum Gasteiger partial charge on any atom is 0.307 e. The first-order chi connectivity index (χ1) is 22.5. The van der Waals surface area contributed by atoms with Crippen molar-refractivity contribution in [1.29, 1.82) is 0 Å². The Morgan fingerprint density at radius 3 is 2.70 bits per heavy atom. The molecule has 0 bridgehead atoms. The van der Waals surface area contributed by atoms with Crippen LogP contribution in [0.3, 0.4) is 0 Å². The number of methoxy groups -OCH3 is 1. The third kappa shape index (κ3) is 6.31. The molecule has 11 nitrogen and oxygen atoms in total. The van der Waals surface area contributed by atoms with Gasteiger partial charge in [-0.3, -0.25) is 4.79 Å². The lowest BCUT2D eigenvalue weighted by atomic mass is 9.87. The van der Waals surface area contributed by atoms with Crippen molar-refractivity contribution in [3.8, 4) is 28.1 Å². The smallest absolute Gasteiger partial charge is 0.307 e. The van der Waals surface area contributed by atoms with Crippen molar-refractivity contribution in [3.05, 3.63) is 58.7 Å². The summed E-state index contributed by atoms with van der Waals surface area (Å²) in [5.74, 6) is -0.490. The predicted octanol–water partition coefficient (Wildman–Crippen LogP) is 4.50. The number of sulfonamides is 1. The minimum absolute atomic E-state index is 0.0483. The molecule has 3 aromatic heterocycles.